The molecule has 0 bridgehead atoms. The zero-order valence-corrected chi connectivity index (χ0v) is 8.71. The fourth-order valence-corrected chi connectivity index (χ4v) is 1.23. The molecular formula is C10H17N3O. The van der Waals surface area contributed by atoms with Crippen molar-refractivity contribution in [1.29, 1.82) is 0 Å². The van der Waals surface area contributed by atoms with Crippen molar-refractivity contribution >= 4 is 5.82 Å². The van der Waals surface area contributed by atoms with Crippen molar-refractivity contribution in [1.82, 2.24) is 10.3 Å². The third kappa shape index (κ3) is 2.97. The zero-order valence-electron chi connectivity index (χ0n) is 8.71. The van der Waals surface area contributed by atoms with Crippen LogP contribution < -0.4 is 11.1 Å². The summed E-state index contributed by atoms with van der Waals surface area (Å²) in [5.74, 6) is 0.606. The summed E-state index contributed by atoms with van der Waals surface area (Å²) < 4.78 is 4.93. The monoisotopic (exact) mass is 195 g/mol. The van der Waals surface area contributed by atoms with E-state index in [0.29, 0.717) is 12.4 Å². The summed E-state index contributed by atoms with van der Waals surface area (Å²) in [5, 5.41) is 3.24. The molecule has 0 radical (unpaired) electrons. The second-order valence-electron chi connectivity index (χ2n) is 3.16. The molecule has 1 aromatic heterocycles. The van der Waals surface area contributed by atoms with Crippen molar-refractivity contribution in [2.45, 2.75) is 13.5 Å². The van der Waals surface area contributed by atoms with Crippen LogP contribution >= 0.6 is 0 Å². The lowest BCUT2D eigenvalue weighted by Crippen LogP contribution is -2.20. The predicted octanol–water partition coefficient (Wildman–Crippen LogP) is 0.708. The van der Waals surface area contributed by atoms with Gasteiger partial charge in [-0.05, 0) is 18.6 Å². The van der Waals surface area contributed by atoms with Crippen LogP contribution in [0.15, 0.2) is 12.3 Å². The number of anilines is 1. The normalized spacial score (nSPS) is 10.4. The van der Waals surface area contributed by atoms with Gasteiger partial charge in [-0.2, -0.15) is 0 Å². The third-order valence-corrected chi connectivity index (χ3v) is 2.11. The van der Waals surface area contributed by atoms with Crippen LogP contribution in [0.5, 0.6) is 0 Å². The highest BCUT2D eigenvalue weighted by molar-refractivity contribution is 5.43. The standard InChI is InChI=1S/C10H17N3O/c1-8-3-4-13-10(11)9(8)7-12-5-6-14-2/h3-4,12H,5-7H2,1-2H3,(H2,11,13). The van der Waals surface area contributed by atoms with Gasteiger partial charge in [0.1, 0.15) is 5.82 Å². The second kappa shape index (κ2) is 5.57. The first-order chi connectivity index (χ1) is 6.75. The zero-order chi connectivity index (χ0) is 10.4. The van der Waals surface area contributed by atoms with E-state index >= 15 is 0 Å². The maximum atomic E-state index is 5.75. The highest BCUT2D eigenvalue weighted by Gasteiger charge is 2.02. The van der Waals surface area contributed by atoms with Crippen molar-refractivity contribution < 1.29 is 4.74 Å². The van der Waals surface area contributed by atoms with Crippen LogP contribution in [0.3, 0.4) is 0 Å². The van der Waals surface area contributed by atoms with Gasteiger partial charge in [-0.3, -0.25) is 0 Å². The van der Waals surface area contributed by atoms with Crippen LogP contribution in [0.25, 0.3) is 0 Å². The van der Waals surface area contributed by atoms with E-state index in [0.717, 1.165) is 18.7 Å². The molecule has 0 atom stereocenters. The van der Waals surface area contributed by atoms with Crippen molar-refractivity contribution in [3.8, 4) is 0 Å². The number of aryl methyl sites for hydroxylation is 1. The van der Waals surface area contributed by atoms with Gasteiger partial charge in [-0.15, -0.1) is 0 Å². The van der Waals surface area contributed by atoms with Crippen LogP contribution in [-0.4, -0.2) is 25.2 Å². The Balaban J connectivity index is 2.49. The summed E-state index contributed by atoms with van der Waals surface area (Å²) in [5.41, 5.74) is 8.00. The number of aromatic nitrogens is 1. The molecule has 0 fully saturated rings. The number of rotatable bonds is 5. The van der Waals surface area contributed by atoms with E-state index in [1.807, 2.05) is 13.0 Å². The highest BCUT2D eigenvalue weighted by atomic mass is 16.5. The SMILES string of the molecule is COCCNCc1c(C)ccnc1N. The van der Waals surface area contributed by atoms with E-state index in [2.05, 4.69) is 10.3 Å². The summed E-state index contributed by atoms with van der Waals surface area (Å²) in [4.78, 5) is 4.05. The molecule has 1 heterocycles. The lowest BCUT2D eigenvalue weighted by atomic mass is 10.1. The molecule has 78 valence electrons. The molecule has 0 aliphatic heterocycles. The fraction of sp³-hybridized carbons (Fsp3) is 0.500. The van der Waals surface area contributed by atoms with Crippen molar-refractivity contribution in [3.63, 3.8) is 0 Å². The Bertz CT molecular complexity index is 268. The molecule has 4 nitrogen and oxygen atoms in total. The van der Waals surface area contributed by atoms with Crippen LogP contribution in [0.2, 0.25) is 0 Å². The maximum Gasteiger partial charge on any atom is 0.128 e. The molecule has 14 heavy (non-hydrogen) atoms. The van der Waals surface area contributed by atoms with E-state index in [1.165, 1.54) is 5.56 Å². The van der Waals surface area contributed by atoms with Gasteiger partial charge in [0.15, 0.2) is 0 Å². The highest BCUT2D eigenvalue weighted by Crippen LogP contribution is 2.12. The number of pyridine rings is 1. The number of ether oxygens (including phenoxy) is 1. The molecule has 1 rings (SSSR count). The number of nitrogens with one attached hydrogen (secondary N) is 1. The summed E-state index contributed by atoms with van der Waals surface area (Å²) in [6, 6.07) is 1.96. The van der Waals surface area contributed by atoms with E-state index in [1.54, 1.807) is 13.3 Å². The van der Waals surface area contributed by atoms with Crippen molar-refractivity contribution in [2.24, 2.45) is 0 Å². The number of nitrogen functional groups attached to an aromatic ring is 1. The van der Waals surface area contributed by atoms with Crippen LogP contribution in [-0.2, 0) is 11.3 Å². The first kappa shape index (κ1) is 10.9. The topological polar surface area (TPSA) is 60.2 Å². The number of methoxy groups -OCH3 is 1. The summed E-state index contributed by atoms with van der Waals surface area (Å²) in [7, 11) is 1.69. The number of hydrogen-bond acceptors (Lipinski definition) is 4. The molecule has 0 saturated heterocycles. The quantitative estimate of drug-likeness (QED) is 0.679. The van der Waals surface area contributed by atoms with Crippen molar-refractivity contribution in [2.75, 3.05) is 26.0 Å². The maximum absolute atomic E-state index is 5.75. The Morgan fingerprint density at radius 3 is 3.00 bits per heavy atom. The Hall–Kier alpha value is -1.13. The second-order valence-corrected chi connectivity index (χ2v) is 3.16. The minimum atomic E-state index is 0.606. The van der Waals surface area contributed by atoms with Gasteiger partial charge in [0.05, 0.1) is 6.61 Å². The van der Waals surface area contributed by atoms with Gasteiger partial charge in [0, 0.05) is 32.0 Å². The van der Waals surface area contributed by atoms with Crippen molar-refractivity contribution in [3.05, 3.63) is 23.4 Å². The molecule has 4 heteroatoms. The largest absolute Gasteiger partial charge is 0.383 e. The Labute approximate surface area is 84.5 Å². The minimum Gasteiger partial charge on any atom is -0.383 e. The van der Waals surface area contributed by atoms with Crippen LogP contribution in [0.1, 0.15) is 11.1 Å². The van der Waals surface area contributed by atoms with Gasteiger partial charge < -0.3 is 15.8 Å². The minimum absolute atomic E-state index is 0.606. The van der Waals surface area contributed by atoms with Crippen LogP contribution in [0.4, 0.5) is 5.82 Å². The first-order valence-corrected chi connectivity index (χ1v) is 4.65. The third-order valence-electron chi connectivity index (χ3n) is 2.11. The summed E-state index contributed by atoms with van der Waals surface area (Å²) in [6.07, 6.45) is 1.73. The predicted molar refractivity (Wildman–Crippen MR) is 57.0 cm³/mol. The Morgan fingerprint density at radius 2 is 2.36 bits per heavy atom. The fourth-order valence-electron chi connectivity index (χ4n) is 1.23. The average molecular weight is 195 g/mol. The van der Waals surface area contributed by atoms with E-state index < -0.39 is 0 Å². The number of nitrogens with zero attached hydrogens (tertiary/aromatic N) is 1. The molecule has 0 aromatic carbocycles. The first-order valence-electron chi connectivity index (χ1n) is 4.65. The molecule has 0 saturated carbocycles. The van der Waals surface area contributed by atoms with Crippen LogP contribution in [0, 0.1) is 6.92 Å². The Kier molecular flexibility index (Phi) is 4.35. The molecule has 3 N–H and O–H groups in total. The van der Waals surface area contributed by atoms with Gasteiger partial charge in [-0.1, -0.05) is 0 Å². The van der Waals surface area contributed by atoms with E-state index in [-0.39, 0.29) is 0 Å². The smallest absolute Gasteiger partial charge is 0.128 e. The lowest BCUT2D eigenvalue weighted by molar-refractivity contribution is 0.199. The molecule has 0 aliphatic rings. The molecular weight excluding hydrogens is 178 g/mol. The molecule has 0 spiro atoms. The van der Waals surface area contributed by atoms with Gasteiger partial charge in [0.2, 0.25) is 0 Å². The molecule has 1 aromatic rings. The van der Waals surface area contributed by atoms with E-state index in [9.17, 15) is 0 Å². The number of hydrogen-bond donors (Lipinski definition) is 2. The summed E-state index contributed by atoms with van der Waals surface area (Å²) >= 11 is 0. The summed E-state index contributed by atoms with van der Waals surface area (Å²) in [6.45, 7) is 4.31. The molecule has 0 amide bonds. The Morgan fingerprint density at radius 1 is 1.57 bits per heavy atom. The van der Waals surface area contributed by atoms with Gasteiger partial charge >= 0.3 is 0 Å². The van der Waals surface area contributed by atoms with E-state index in [4.69, 9.17) is 10.5 Å². The number of nitrogens with two attached hydrogens (primary N) is 1. The lowest BCUT2D eigenvalue weighted by Gasteiger charge is -2.09. The molecule has 0 aliphatic carbocycles. The average Bonchev–Trinajstić information content (AvgIpc) is 2.16. The van der Waals surface area contributed by atoms with Gasteiger partial charge in [0.25, 0.3) is 0 Å². The van der Waals surface area contributed by atoms with Gasteiger partial charge in [-0.25, -0.2) is 4.98 Å². The molecule has 0 unspecified atom stereocenters.